The smallest absolute Gasteiger partial charge is 0.0914 e. The minimum atomic E-state index is -0.482. The molecule has 0 aliphatic carbocycles. The standard InChI is InChI=1S/C14H16BrNOS/c1-10(14-6-3-7-18-14)16-9-13(17)11-4-2-5-12(15)8-11/h2-8,10,13,16-17H,9H2,1H3. The second kappa shape index (κ2) is 6.48. The Hall–Kier alpha value is -0.680. The molecule has 1 heterocycles. The monoisotopic (exact) mass is 325 g/mol. The molecule has 0 bridgehead atoms. The highest BCUT2D eigenvalue weighted by atomic mass is 79.9. The zero-order valence-corrected chi connectivity index (χ0v) is 12.5. The molecule has 0 fully saturated rings. The van der Waals surface area contributed by atoms with Crippen LogP contribution >= 0.6 is 27.3 Å². The summed E-state index contributed by atoms with van der Waals surface area (Å²) in [6.45, 7) is 2.66. The Kier molecular flexibility index (Phi) is 4.95. The van der Waals surface area contributed by atoms with Gasteiger partial charge in [-0.1, -0.05) is 34.1 Å². The molecule has 0 spiro atoms. The Morgan fingerprint density at radius 2 is 2.17 bits per heavy atom. The van der Waals surface area contributed by atoms with E-state index in [0.29, 0.717) is 6.54 Å². The number of benzene rings is 1. The molecule has 0 amide bonds. The first kappa shape index (κ1) is 13.7. The fourth-order valence-corrected chi connectivity index (χ4v) is 2.93. The van der Waals surface area contributed by atoms with Gasteiger partial charge in [0.05, 0.1) is 6.10 Å². The van der Waals surface area contributed by atoms with E-state index in [1.165, 1.54) is 4.88 Å². The number of nitrogens with one attached hydrogen (secondary N) is 1. The van der Waals surface area contributed by atoms with Crippen LogP contribution in [0.2, 0.25) is 0 Å². The molecular weight excluding hydrogens is 310 g/mol. The normalized spacial score (nSPS) is 14.4. The summed E-state index contributed by atoms with van der Waals surface area (Å²) in [5.74, 6) is 0. The Labute approximate surface area is 120 Å². The molecule has 4 heteroatoms. The van der Waals surface area contributed by atoms with Gasteiger partial charge in [-0.15, -0.1) is 11.3 Å². The molecule has 0 radical (unpaired) electrons. The van der Waals surface area contributed by atoms with Gasteiger partial charge >= 0.3 is 0 Å². The van der Waals surface area contributed by atoms with Crippen LogP contribution in [0.3, 0.4) is 0 Å². The topological polar surface area (TPSA) is 32.3 Å². The number of hydrogen-bond acceptors (Lipinski definition) is 3. The first-order valence-corrected chi connectivity index (χ1v) is 7.54. The molecule has 2 aromatic rings. The van der Waals surface area contributed by atoms with Crippen LogP contribution in [-0.4, -0.2) is 11.7 Å². The van der Waals surface area contributed by atoms with Crippen molar-refractivity contribution in [2.24, 2.45) is 0 Å². The molecule has 2 rings (SSSR count). The van der Waals surface area contributed by atoms with E-state index < -0.39 is 6.10 Å². The molecule has 96 valence electrons. The Bertz CT molecular complexity index is 486. The largest absolute Gasteiger partial charge is 0.387 e. The summed E-state index contributed by atoms with van der Waals surface area (Å²) in [7, 11) is 0. The summed E-state index contributed by atoms with van der Waals surface area (Å²) >= 11 is 5.14. The van der Waals surface area contributed by atoms with Crippen LogP contribution in [-0.2, 0) is 0 Å². The number of halogens is 1. The molecule has 2 nitrogen and oxygen atoms in total. The van der Waals surface area contributed by atoms with Crippen molar-refractivity contribution in [3.05, 3.63) is 56.7 Å². The predicted octanol–water partition coefficient (Wildman–Crippen LogP) is 3.89. The van der Waals surface area contributed by atoms with Crippen LogP contribution in [0.15, 0.2) is 46.3 Å². The second-order valence-corrected chi connectivity index (χ2v) is 6.11. The third kappa shape index (κ3) is 3.65. The van der Waals surface area contributed by atoms with Crippen LogP contribution < -0.4 is 5.32 Å². The van der Waals surface area contributed by atoms with E-state index in [1.54, 1.807) is 11.3 Å². The van der Waals surface area contributed by atoms with Crippen molar-refractivity contribution in [2.75, 3.05) is 6.54 Å². The zero-order chi connectivity index (χ0) is 13.0. The first-order valence-electron chi connectivity index (χ1n) is 5.87. The summed E-state index contributed by atoms with van der Waals surface area (Å²) in [4.78, 5) is 1.29. The van der Waals surface area contributed by atoms with Crippen LogP contribution in [0.5, 0.6) is 0 Å². The van der Waals surface area contributed by atoms with Gasteiger partial charge in [-0.2, -0.15) is 0 Å². The summed E-state index contributed by atoms with van der Waals surface area (Å²) in [5, 5.41) is 15.5. The van der Waals surface area contributed by atoms with Gasteiger partial charge in [0.2, 0.25) is 0 Å². The highest BCUT2D eigenvalue weighted by Crippen LogP contribution is 2.21. The molecule has 2 N–H and O–H groups in total. The van der Waals surface area contributed by atoms with Crippen LogP contribution in [0.4, 0.5) is 0 Å². The molecule has 2 atom stereocenters. The number of hydrogen-bond donors (Lipinski definition) is 2. The number of aliphatic hydroxyl groups is 1. The maximum absolute atomic E-state index is 10.1. The highest BCUT2D eigenvalue weighted by molar-refractivity contribution is 9.10. The van der Waals surface area contributed by atoms with Crippen molar-refractivity contribution in [3.8, 4) is 0 Å². The summed E-state index contributed by atoms with van der Waals surface area (Å²) < 4.78 is 0.991. The van der Waals surface area contributed by atoms with Crippen LogP contribution in [0.25, 0.3) is 0 Å². The van der Waals surface area contributed by atoms with Gasteiger partial charge in [0.15, 0.2) is 0 Å². The van der Waals surface area contributed by atoms with Crippen molar-refractivity contribution < 1.29 is 5.11 Å². The molecule has 1 aromatic heterocycles. The molecule has 0 aliphatic rings. The molecule has 0 saturated heterocycles. The van der Waals surface area contributed by atoms with E-state index in [-0.39, 0.29) is 6.04 Å². The second-order valence-electron chi connectivity index (χ2n) is 4.22. The minimum Gasteiger partial charge on any atom is -0.387 e. The lowest BCUT2D eigenvalue weighted by Gasteiger charge is -2.16. The van der Waals surface area contributed by atoms with Gasteiger partial charge in [0.25, 0.3) is 0 Å². The summed E-state index contributed by atoms with van der Waals surface area (Å²) in [6.07, 6.45) is -0.482. The lowest BCUT2D eigenvalue weighted by molar-refractivity contribution is 0.171. The van der Waals surface area contributed by atoms with Crippen LogP contribution in [0.1, 0.15) is 29.5 Å². The van der Waals surface area contributed by atoms with E-state index in [2.05, 4.69) is 39.6 Å². The average Bonchev–Trinajstić information content (AvgIpc) is 2.89. The van der Waals surface area contributed by atoms with E-state index in [0.717, 1.165) is 10.0 Å². The predicted molar refractivity (Wildman–Crippen MR) is 79.8 cm³/mol. The molecule has 0 saturated carbocycles. The Morgan fingerprint density at radius 1 is 1.33 bits per heavy atom. The maximum Gasteiger partial charge on any atom is 0.0914 e. The van der Waals surface area contributed by atoms with Crippen molar-refractivity contribution in [2.45, 2.75) is 19.1 Å². The third-order valence-corrected chi connectivity index (χ3v) is 4.37. The molecule has 1 aromatic carbocycles. The van der Waals surface area contributed by atoms with E-state index in [9.17, 15) is 5.11 Å². The van der Waals surface area contributed by atoms with Crippen LogP contribution in [0, 0.1) is 0 Å². The van der Waals surface area contributed by atoms with Crippen molar-refractivity contribution in [1.82, 2.24) is 5.32 Å². The van der Waals surface area contributed by atoms with Gasteiger partial charge < -0.3 is 10.4 Å². The van der Waals surface area contributed by atoms with Gasteiger partial charge in [-0.3, -0.25) is 0 Å². The van der Waals surface area contributed by atoms with Gasteiger partial charge in [-0.05, 0) is 36.1 Å². The molecular formula is C14H16BrNOS. The van der Waals surface area contributed by atoms with Crippen molar-refractivity contribution in [1.29, 1.82) is 0 Å². The fraction of sp³-hybridized carbons (Fsp3) is 0.286. The number of aliphatic hydroxyl groups excluding tert-OH is 1. The Morgan fingerprint density at radius 3 is 2.83 bits per heavy atom. The molecule has 2 unspecified atom stereocenters. The quantitative estimate of drug-likeness (QED) is 0.873. The zero-order valence-electron chi connectivity index (χ0n) is 10.1. The lowest BCUT2D eigenvalue weighted by atomic mass is 10.1. The highest BCUT2D eigenvalue weighted by Gasteiger charge is 2.11. The summed E-state index contributed by atoms with van der Waals surface area (Å²) in [6, 6.07) is 12.2. The van der Waals surface area contributed by atoms with Gasteiger partial charge in [0.1, 0.15) is 0 Å². The Balaban J connectivity index is 1.90. The fourth-order valence-electron chi connectivity index (χ4n) is 1.76. The number of thiophene rings is 1. The van der Waals surface area contributed by atoms with Gasteiger partial charge in [0, 0.05) is 21.9 Å². The van der Waals surface area contributed by atoms with E-state index in [4.69, 9.17) is 0 Å². The maximum atomic E-state index is 10.1. The lowest BCUT2D eigenvalue weighted by Crippen LogP contribution is -2.24. The summed E-state index contributed by atoms with van der Waals surface area (Å²) in [5.41, 5.74) is 0.926. The van der Waals surface area contributed by atoms with E-state index >= 15 is 0 Å². The van der Waals surface area contributed by atoms with E-state index in [1.807, 2.05) is 30.3 Å². The van der Waals surface area contributed by atoms with Crippen molar-refractivity contribution in [3.63, 3.8) is 0 Å². The third-order valence-electron chi connectivity index (χ3n) is 2.82. The first-order chi connectivity index (χ1) is 8.66. The van der Waals surface area contributed by atoms with Gasteiger partial charge in [-0.25, -0.2) is 0 Å². The molecule has 0 aliphatic heterocycles. The van der Waals surface area contributed by atoms with Crippen molar-refractivity contribution >= 4 is 27.3 Å². The minimum absolute atomic E-state index is 0.270. The average molecular weight is 326 g/mol. The molecule has 18 heavy (non-hydrogen) atoms. The SMILES string of the molecule is CC(NCC(O)c1cccc(Br)c1)c1cccs1. The number of rotatable bonds is 5.